The summed E-state index contributed by atoms with van der Waals surface area (Å²) in [6.45, 7) is 4.09. The number of halogens is 1. The molecule has 0 bridgehead atoms. The minimum atomic E-state index is 0.484. The van der Waals surface area contributed by atoms with Gasteiger partial charge in [-0.3, -0.25) is 0 Å². The van der Waals surface area contributed by atoms with E-state index >= 15 is 0 Å². The van der Waals surface area contributed by atoms with Gasteiger partial charge in [0.1, 0.15) is 0 Å². The van der Waals surface area contributed by atoms with E-state index in [4.69, 9.17) is 16.9 Å². The first-order chi connectivity index (χ1) is 5.70. The quantitative estimate of drug-likeness (QED) is 0.672. The SMILES string of the molecule is Cc1sc(C)c(CC#N)c1CCl. The van der Waals surface area contributed by atoms with Gasteiger partial charge in [-0.05, 0) is 25.0 Å². The van der Waals surface area contributed by atoms with E-state index in [-0.39, 0.29) is 0 Å². The minimum Gasteiger partial charge on any atom is -0.198 e. The molecular weight excluding hydrogens is 190 g/mol. The Morgan fingerprint density at radius 1 is 1.33 bits per heavy atom. The van der Waals surface area contributed by atoms with Crippen molar-refractivity contribution in [3.63, 3.8) is 0 Å². The van der Waals surface area contributed by atoms with Gasteiger partial charge in [0, 0.05) is 15.6 Å². The first-order valence-corrected chi connectivity index (χ1v) is 5.06. The Morgan fingerprint density at radius 2 is 1.92 bits per heavy atom. The molecule has 0 radical (unpaired) electrons. The molecular formula is C9H10ClNS. The zero-order chi connectivity index (χ0) is 9.14. The van der Waals surface area contributed by atoms with Crippen molar-refractivity contribution in [1.29, 1.82) is 5.26 Å². The molecule has 1 aromatic heterocycles. The predicted octanol–water partition coefficient (Wildman–Crippen LogP) is 3.17. The molecule has 12 heavy (non-hydrogen) atoms. The third-order valence-corrected chi connectivity index (χ3v) is 3.28. The van der Waals surface area contributed by atoms with Crippen LogP contribution in [0.4, 0.5) is 0 Å². The smallest absolute Gasteiger partial charge is 0.0670 e. The molecule has 0 aromatic carbocycles. The summed E-state index contributed by atoms with van der Waals surface area (Å²) in [6, 6.07) is 2.16. The van der Waals surface area contributed by atoms with Gasteiger partial charge < -0.3 is 0 Å². The second-order valence-corrected chi connectivity index (χ2v) is 4.34. The highest BCUT2D eigenvalue weighted by atomic mass is 35.5. The fourth-order valence-corrected chi connectivity index (χ4v) is 2.80. The maximum atomic E-state index is 8.58. The first kappa shape index (κ1) is 9.57. The van der Waals surface area contributed by atoms with E-state index in [0.29, 0.717) is 12.3 Å². The molecule has 0 saturated carbocycles. The van der Waals surface area contributed by atoms with Gasteiger partial charge >= 0.3 is 0 Å². The lowest BCUT2D eigenvalue weighted by atomic mass is 10.1. The molecule has 1 nitrogen and oxygen atoms in total. The summed E-state index contributed by atoms with van der Waals surface area (Å²) in [7, 11) is 0. The van der Waals surface area contributed by atoms with Gasteiger partial charge in [0.05, 0.1) is 12.5 Å². The van der Waals surface area contributed by atoms with Crippen LogP contribution in [0.5, 0.6) is 0 Å². The summed E-state index contributed by atoms with van der Waals surface area (Å²) in [5, 5.41) is 8.58. The van der Waals surface area contributed by atoms with E-state index in [0.717, 1.165) is 11.1 Å². The van der Waals surface area contributed by atoms with Crippen LogP contribution in [0, 0.1) is 25.2 Å². The van der Waals surface area contributed by atoms with Crippen LogP contribution in [0.3, 0.4) is 0 Å². The fourth-order valence-electron chi connectivity index (χ4n) is 1.26. The van der Waals surface area contributed by atoms with Crippen LogP contribution >= 0.6 is 22.9 Å². The number of nitriles is 1. The number of nitrogens with zero attached hydrogens (tertiary/aromatic N) is 1. The maximum absolute atomic E-state index is 8.58. The molecule has 0 aliphatic rings. The topological polar surface area (TPSA) is 23.8 Å². The normalized spacial score (nSPS) is 9.83. The number of hydrogen-bond acceptors (Lipinski definition) is 2. The van der Waals surface area contributed by atoms with Crippen molar-refractivity contribution in [3.8, 4) is 6.07 Å². The van der Waals surface area contributed by atoms with Gasteiger partial charge in [0.2, 0.25) is 0 Å². The maximum Gasteiger partial charge on any atom is 0.0670 e. The number of thiophene rings is 1. The standard InChI is InChI=1S/C9H10ClNS/c1-6-8(3-4-11)9(5-10)7(2)12-6/h3,5H2,1-2H3. The van der Waals surface area contributed by atoms with E-state index < -0.39 is 0 Å². The summed E-state index contributed by atoms with van der Waals surface area (Å²) >= 11 is 7.51. The summed E-state index contributed by atoms with van der Waals surface area (Å²) < 4.78 is 0. The molecule has 64 valence electrons. The molecule has 1 aromatic rings. The van der Waals surface area contributed by atoms with Crippen LogP contribution in [0.15, 0.2) is 0 Å². The number of hydrogen-bond donors (Lipinski definition) is 0. The van der Waals surface area contributed by atoms with Gasteiger partial charge in [-0.25, -0.2) is 0 Å². The van der Waals surface area contributed by atoms with E-state index in [9.17, 15) is 0 Å². The Hall–Kier alpha value is -0.520. The highest BCUT2D eigenvalue weighted by molar-refractivity contribution is 7.12. The molecule has 1 rings (SSSR count). The van der Waals surface area contributed by atoms with Crippen molar-refractivity contribution >= 4 is 22.9 Å². The second kappa shape index (κ2) is 3.93. The van der Waals surface area contributed by atoms with Crippen LogP contribution in [-0.4, -0.2) is 0 Å². The van der Waals surface area contributed by atoms with E-state index in [2.05, 4.69) is 13.0 Å². The van der Waals surface area contributed by atoms with Crippen LogP contribution in [-0.2, 0) is 12.3 Å². The first-order valence-electron chi connectivity index (χ1n) is 3.71. The molecule has 0 N–H and O–H groups in total. The Balaban J connectivity index is 3.15. The number of rotatable bonds is 2. The van der Waals surface area contributed by atoms with Gasteiger partial charge in [0.25, 0.3) is 0 Å². The van der Waals surface area contributed by atoms with E-state index in [1.165, 1.54) is 9.75 Å². The van der Waals surface area contributed by atoms with Gasteiger partial charge in [-0.15, -0.1) is 22.9 Å². The molecule has 0 saturated heterocycles. The predicted molar refractivity (Wildman–Crippen MR) is 52.7 cm³/mol. The largest absolute Gasteiger partial charge is 0.198 e. The lowest BCUT2D eigenvalue weighted by Gasteiger charge is -1.96. The van der Waals surface area contributed by atoms with Crippen LogP contribution in [0.2, 0.25) is 0 Å². The molecule has 0 amide bonds. The van der Waals surface area contributed by atoms with Crippen LogP contribution in [0.25, 0.3) is 0 Å². The second-order valence-electron chi connectivity index (χ2n) is 2.64. The minimum absolute atomic E-state index is 0.484. The Bertz CT molecular complexity index is 322. The monoisotopic (exact) mass is 199 g/mol. The number of aryl methyl sites for hydroxylation is 2. The zero-order valence-electron chi connectivity index (χ0n) is 7.15. The van der Waals surface area contributed by atoms with E-state index in [1.807, 2.05) is 6.92 Å². The van der Waals surface area contributed by atoms with Crippen molar-refractivity contribution in [2.24, 2.45) is 0 Å². The van der Waals surface area contributed by atoms with Crippen LogP contribution in [0.1, 0.15) is 20.9 Å². The molecule has 0 aliphatic carbocycles. The molecule has 1 heterocycles. The average Bonchev–Trinajstić information content (AvgIpc) is 2.28. The highest BCUT2D eigenvalue weighted by Crippen LogP contribution is 2.28. The average molecular weight is 200 g/mol. The third-order valence-electron chi connectivity index (χ3n) is 1.91. The Morgan fingerprint density at radius 3 is 2.42 bits per heavy atom. The summed E-state index contributed by atoms with van der Waals surface area (Å²) in [5.74, 6) is 0.521. The lowest BCUT2D eigenvalue weighted by Crippen LogP contribution is -1.88. The lowest BCUT2D eigenvalue weighted by molar-refractivity contribution is 1.18. The molecule has 0 atom stereocenters. The van der Waals surface area contributed by atoms with E-state index in [1.54, 1.807) is 11.3 Å². The highest BCUT2D eigenvalue weighted by Gasteiger charge is 2.10. The molecule has 0 fully saturated rings. The molecule has 3 heteroatoms. The van der Waals surface area contributed by atoms with Crippen molar-refractivity contribution < 1.29 is 0 Å². The number of alkyl halides is 1. The summed E-state index contributed by atoms with van der Waals surface area (Å²) in [5.41, 5.74) is 2.29. The van der Waals surface area contributed by atoms with Gasteiger partial charge in [-0.1, -0.05) is 0 Å². The molecule has 0 spiro atoms. The van der Waals surface area contributed by atoms with Crippen molar-refractivity contribution in [2.75, 3.05) is 0 Å². The summed E-state index contributed by atoms with van der Waals surface area (Å²) in [4.78, 5) is 2.47. The zero-order valence-corrected chi connectivity index (χ0v) is 8.72. The third kappa shape index (κ3) is 1.63. The Labute approximate surface area is 81.6 Å². The van der Waals surface area contributed by atoms with Crippen molar-refractivity contribution in [3.05, 3.63) is 20.9 Å². The molecule has 0 unspecified atom stereocenters. The summed E-state index contributed by atoms with van der Waals surface area (Å²) in [6.07, 6.45) is 0.484. The van der Waals surface area contributed by atoms with Crippen molar-refractivity contribution in [1.82, 2.24) is 0 Å². The molecule has 0 aliphatic heterocycles. The fraction of sp³-hybridized carbons (Fsp3) is 0.444. The van der Waals surface area contributed by atoms with Crippen LogP contribution < -0.4 is 0 Å². The van der Waals surface area contributed by atoms with Gasteiger partial charge in [0.15, 0.2) is 0 Å². The van der Waals surface area contributed by atoms with Crippen molar-refractivity contribution in [2.45, 2.75) is 26.1 Å². The van der Waals surface area contributed by atoms with Gasteiger partial charge in [-0.2, -0.15) is 5.26 Å². The Kier molecular flexibility index (Phi) is 3.13.